The fraction of sp³-hybridized carbons (Fsp3) is 0.364. The van der Waals surface area contributed by atoms with Crippen molar-refractivity contribution in [2.24, 2.45) is 0 Å². The maximum atomic E-state index is 12.2. The van der Waals surface area contributed by atoms with Crippen LogP contribution < -0.4 is 0 Å². The Hall–Kier alpha value is -3.81. The van der Waals surface area contributed by atoms with Crippen molar-refractivity contribution in [1.82, 2.24) is 15.0 Å². The number of nitrogens with zero attached hydrogens (tertiary/aromatic N) is 3. The van der Waals surface area contributed by atoms with E-state index in [2.05, 4.69) is 65.5 Å². The summed E-state index contributed by atoms with van der Waals surface area (Å²) in [6.45, 7) is 10.6. The second kappa shape index (κ2) is 11.7. The van der Waals surface area contributed by atoms with E-state index >= 15 is 0 Å². The Labute approximate surface area is 236 Å². The van der Waals surface area contributed by atoms with Crippen molar-refractivity contribution >= 4 is 5.97 Å². The lowest BCUT2D eigenvalue weighted by Crippen LogP contribution is -2.33. The third-order valence-corrected chi connectivity index (χ3v) is 7.12. The number of aromatic nitrogens is 2. The summed E-state index contributed by atoms with van der Waals surface area (Å²) >= 11 is 0. The van der Waals surface area contributed by atoms with Crippen molar-refractivity contribution in [3.05, 3.63) is 82.9 Å². The van der Waals surface area contributed by atoms with Gasteiger partial charge in [0.05, 0.1) is 13.0 Å². The molecule has 208 valence electrons. The number of fused-ring (bicyclic) bond motifs is 1. The van der Waals surface area contributed by atoms with Gasteiger partial charge in [-0.25, -0.2) is 0 Å². The molecule has 1 aliphatic rings. The van der Waals surface area contributed by atoms with Gasteiger partial charge in [-0.15, -0.1) is 0 Å². The number of benzene rings is 3. The van der Waals surface area contributed by atoms with Crippen LogP contribution in [-0.2, 0) is 33.8 Å². The molecule has 7 nitrogen and oxygen atoms in total. The first-order chi connectivity index (χ1) is 19.2. The van der Waals surface area contributed by atoms with E-state index in [0.29, 0.717) is 31.3 Å². The fourth-order valence-electron chi connectivity index (χ4n) is 5.18. The van der Waals surface area contributed by atoms with Crippen LogP contribution in [0, 0.1) is 6.92 Å². The summed E-state index contributed by atoms with van der Waals surface area (Å²) in [4.78, 5) is 19.2. The standard InChI is InChI=1S/C33H37N3O4/c1-22-8-6-7-9-28(22)29-13-12-25(19-27(29)21-38-5)32-34-31(35-40-32)24-11-10-23-14-16-36(20-26(23)18-24)17-15-30(37)39-33(2,3)4/h6-13,18-19H,14-17,20-21H2,1-5H3. The van der Waals surface area contributed by atoms with Crippen LogP contribution in [0.5, 0.6) is 0 Å². The SMILES string of the molecule is COCc1cc(-c2nc(-c3ccc4c(c3)CN(CCC(=O)OC(C)(C)C)CC4)no2)ccc1-c1ccccc1C. The van der Waals surface area contributed by atoms with Gasteiger partial charge in [0.25, 0.3) is 5.89 Å². The van der Waals surface area contributed by atoms with Gasteiger partial charge in [0.15, 0.2) is 0 Å². The van der Waals surface area contributed by atoms with Gasteiger partial charge in [0.1, 0.15) is 5.60 Å². The molecule has 0 fully saturated rings. The van der Waals surface area contributed by atoms with Crippen LogP contribution in [0.3, 0.4) is 0 Å². The van der Waals surface area contributed by atoms with Crippen molar-refractivity contribution < 1.29 is 18.8 Å². The van der Waals surface area contributed by atoms with Crippen LogP contribution in [0.25, 0.3) is 34.0 Å². The number of methoxy groups -OCH3 is 1. The summed E-state index contributed by atoms with van der Waals surface area (Å²) in [5.74, 6) is 0.868. The highest BCUT2D eigenvalue weighted by molar-refractivity contribution is 5.74. The zero-order chi connectivity index (χ0) is 28.3. The average Bonchev–Trinajstić information content (AvgIpc) is 3.42. The summed E-state index contributed by atoms with van der Waals surface area (Å²) in [7, 11) is 1.70. The smallest absolute Gasteiger partial charge is 0.307 e. The molecule has 4 aromatic rings. The molecule has 0 aliphatic carbocycles. The first kappa shape index (κ1) is 27.7. The van der Waals surface area contributed by atoms with Crippen molar-refractivity contribution in [2.75, 3.05) is 20.2 Å². The lowest BCUT2D eigenvalue weighted by atomic mass is 9.94. The number of aryl methyl sites for hydroxylation is 1. The van der Waals surface area contributed by atoms with Crippen LogP contribution in [-0.4, -0.2) is 46.8 Å². The summed E-state index contributed by atoms with van der Waals surface area (Å²) in [5, 5.41) is 4.30. The van der Waals surface area contributed by atoms with Gasteiger partial charge in [-0.1, -0.05) is 47.6 Å². The van der Waals surface area contributed by atoms with Crippen LogP contribution in [0.15, 0.2) is 65.2 Å². The highest BCUT2D eigenvalue weighted by atomic mass is 16.6. The van der Waals surface area contributed by atoms with E-state index < -0.39 is 5.60 Å². The zero-order valence-electron chi connectivity index (χ0n) is 24.0. The molecule has 0 unspecified atom stereocenters. The van der Waals surface area contributed by atoms with Crippen molar-refractivity contribution in [2.45, 2.75) is 59.3 Å². The predicted octanol–water partition coefficient (Wildman–Crippen LogP) is 6.62. The van der Waals surface area contributed by atoms with Gasteiger partial charge < -0.3 is 14.0 Å². The van der Waals surface area contributed by atoms with E-state index in [-0.39, 0.29) is 5.97 Å². The Morgan fingerprint density at radius 3 is 2.58 bits per heavy atom. The molecule has 0 N–H and O–H groups in total. The van der Waals surface area contributed by atoms with E-state index in [0.717, 1.165) is 41.8 Å². The van der Waals surface area contributed by atoms with E-state index in [1.54, 1.807) is 7.11 Å². The van der Waals surface area contributed by atoms with Gasteiger partial charge in [0, 0.05) is 37.9 Å². The molecule has 2 heterocycles. The van der Waals surface area contributed by atoms with Gasteiger partial charge in [-0.2, -0.15) is 4.98 Å². The summed E-state index contributed by atoms with van der Waals surface area (Å²) in [5.41, 5.74) is 8.44. The summed E-state index contributed by atoms with van der Waals surface area (Å²) < 4.78 is 16.7. The average molecular weight is 540 g/mol. The second-order valence-corrected chi connectivity index (χ2v) is 11.4. The third kappa shape index (κ3) is 6.49. The molecule has 7 heteroatoms. The molecule has 0 spiro atoms. The minimum Gasteiger partial charge on any atom is -0.460 e. The van der Waals surface area contributed by atoms with Gasteiger partial charge in [-0.3, -0.25) is 9.69 Å². The Bertz CT molecular complexity index is 1500. The third-order valence-electron chi connectivity index (χ3n) is 7.12. The molecule has 0 saturated heterocycles. The molecule has 0 saturated carbocycles. The lowest BCUT2D eigenvalue weighted by molar-refractivity contribution is -0.155. The summed E-state index contributed by atoms with van der Waals surface area (Å²) in [6, 6.07) is 20.9. The Kier molecular flexibility index (Phi) is 8.14. The number of ether oxygens (including phenoxy) is 2. The van der Waals surface area contributed by atoms with Gasteiger partial charge >= 0.3 is 5.97 Å². The molecule has 0 radical (unpaired) electrons. The van der Waals surface area contributed by atoms with E-state index in [9.17, 15) is 4.79 Å². The molecule has 40 heavy (non-hydrogen) atoms. The molecule has 3 aromatic carbocycles. The van der Waals surface area contributed by atoms with Crippen LogP contribution in [0.1, 0.15) is 49.4 Å². The highest BCUT2D eigenvalue weighted by Crippen LogP contribution is 2.32. The minimum atomic E-state index is -0.460. The maximum absolute atomic E-state index is 12.2. The molecule has 1 aromatic heterocycles. The fourth-order valence-corrected chi connectivity index (χ4v) is 5.18. The predicted molar refractivity (Wildman–Crippen MR) is 155 cm³/mol. The normalized spacial score (nSPS) is 13.7. The molecule has 5 rings (SSSR count). The quantitative estimate of drug-likeness (QED) is 0.233. The number of hydrogen-bond acceptors (Lipinski definition) is 7. The molecular weight excluding hydrogens is 502 g/mol. The monoisotopic (exact) mass is 539 g/mol. The minimum absolute atomic E-state index is 0.160. The second-order valence-electron chi connectivity index (χ2n) is 11.4. The first-order valence-corrected chi connectivity index (χ1v) is 13.8. The Morgan fingerprint density at radius 1 is 1.00 bits per heavy atom. The maximum Gasteiger partial charge on any atom is 0.307 e. The number of esters is 1. The molecule has 0 atom stereocenters. The van der Waals surface area contributed by atoms with E-state index in [4.69, 9.17) is 19.0 Å². The zero-order valence-corrected chi connectivity index (χ0v) is 24.0. The molecular formula is C33H37N3O4. The lowest BCUT2D eigenvalue weighted by Gasteiger charge is -2.29. The molecule has 0 bridgehead atoms. The topological polar surface area (TPSA) is 77.7 Å². The number of carbonyl (C=O) groups is 1. The van der Waals surface area contributed by atoms with Crippen LogP contribution in [0.4, 0.5) is 0 Å². The van der Waals surface area contributed by atoms with Crippen LogP contribution in [0.2, 0.25) is 0 Å². The number of rotatable bonds is 8. The molecule has 1 aliphatic heterocycles. The Morgan fingerprint density at radius 2 is 1.80 bits per heavy atom. The highest BCUT2D eigenvalue weighted by Gasteiger charge is 2.21. The van der Waals surface area contributed by atoms with Crippen molar-refractivity contribution in [3.63, 3.8) is 0 Å². The van der Waals surface area contributed by atoms with Crippen molar-refractivity contribution in [3.8, 4) is 34.0 Å². The van der Waals surface area contributed by atoms with E-state index in [1.165, 1.54) is 22.3 Å². The Balaban J connectivity index is 1.33. The van der Waals surface area contributed by atoms with Gasteiger partial charge in [0.2, 0.25) is 5.82 Å². The number of hydrogen-bond donors (Lipinski definition) is 0. The summed E-state index contributed by atoms with van der Waals surface area (Å²) in [6.07, 6.45) is 1.32. The number of carbonyl (C=O) groups excluding carboxylic acids is 1. The molecule has 0 amide bonds. The van der Waals surface area contributed by atoms with Gasteiger partial charge in [-0.05, 0) is 85.7 Å². The first-order valence-electron chi connectivity index (χ1n) is 13.8. The van der Waals surface area contributed by atoms with Crippen molar-refractivity contribution in [1.29, 1.82) is 0 Å². The largest absolute Gasteiger partial charge is 0.460 e. The van der Waals surface area contributed by atoms with Crippen LogP contribution >= 0.6 is 0 Å². The van der Waals surface area contributed by atoms with E-state index in [1.807, 2.05) is 32.9 Å².